The van der Waals surface area contributed by atoms with E-state index in [-0.39, 0.29) is 5.97 Å². The third-order valence-corrected chi connectivity index (χ3v) is 4.06. The van der Waals surface area contributed by atoms with Gasteiger partial charge in [-0.25, -0.2) is 4.99 Å². The Balaban J connectivity index is 1.84. The number of carbonyl (C=O) groups is 1. The van der Waals surface area contributed by atoms with Crippen LogP contribution in [0.2, 0.25) is 0 Å². The monoisotopic (exact) mass is 355 g/mol. The van der Waals surface area contributed by atoms with Gasteiger partial charge in [-0.3, -0.25) is 4.79 Å². The zero-order valence-electron chi connectivity index (χ0n) is 14.8. The van der Waals surface area contributed by atoms with Crippen molar-refractivity contribution in [2.45, 2.75) is 6.92 Å². The third kappa shape index (κ3) is 3.80. The number of fused-ring (bicyclic) bond motifs is 1. The molecule has 132 valence electrons. The molecule has 4 heteroatoms. The molecule has 0 atom stereocenters. The lowest BCUT2D eigenvalue weighted by atomic mass is 10.1. The van der Waals surface area contributed by atoms with Gasteiger partial charge in [-0.1, -0.05) is 42.5 Å². The number of carbonyl (C=O) groups excluding carboxylic acids is 1. The molecule has 1 heterocycles. The van der Waals surface area contributed by atoms with Crippen molar-refractivity contribution >= 4 is 22.6 Å². The van der Waals surface area contributed by atoms with Gasteiger partial charge in [-0.2, -0.15) is 0 Å². The summed E-state index contributed by atoms with van der Waals surface area (Å²) >= 11 is 0. The van der Waals surface area contributed by atoms with Gasteiger partial charge >= 0.3 is 5.97 Å². The highest BCUT2D eigenvalue weighted by atomic mass is 16.5. The van der Waals surface area contributed by atoms with Crippen LogP contribution in [0.25, 0.3) is 22.3 Å². The Labute approximate surface area is 156 Å². The normalized spacial score (nSPS) is 11.5. The molecule has 0 N–H and O–H groups in total. The molecule has 4 aromatic rings. The first-order chi connectivity index (χ1) is 13.2. The zero-order chi connectivity index (χ0) is 18.6. The molecule has 0 saturated heterocycles. The Morgan fingerprint density at radius 3 is 2.33 bits per heavy atom. The predicted octanol–water partition coefficient (Wildman–Crippen LogP) is 5.26. The first-order valence-electron chi connectivity index (χ1n) is 8.60. The molecule has 0 aliphatic carbocycles. The molecule has 0 unspecified atom stereocenters. The van der Waals surface area contributed by atoms with Crippen molar-refractivity contribution < 1.29 is 13.9 Å². The smallest absolute Gasteiger partial charge is 0.308 e. The molecule has 0 radical (unpaired) electrons. The van der Waals surface area contributed by atoms with E-state index in [9.17, 15) is 4.79 Å². The van der Waals surface area contributed by atoms with Crippen LogP contribution in [0.1, 0.15) is 6.92 Å². The van der Waals surface area contributed by atoms with Crippen molar-refractivity contribution in [3.8, 4) is 17.1 Å². The van der Waals surface area contributed by atoms with Crippen molar-refractivity contribution in [1.29, 1.82) is 0 Å². The average molecular weight is 355 g/mol. The molecule has 4 nitrogen and oxygen atoms in total. The van der Waals surface area contributed by atoms with Gasteiger partial charge in [-0.05, 0) is 36.4 Å². The average Bonchev–Trinajstić information content (AvgIpc) is 2.70. The molecule has 0 amide bonds. The summed E-state index contributed by atoms with van der Waals surface area (Å²) in [6, 6.07) is 26.8. The Morgan fingerprint density at radius 2 is 1.59 bits per heavy atom. The van der Waals surface area contributed by atoms with Crippen LogP contribution in [0.4, 0.5) is 5.69 Å². The van der Waals surface area contributed by atoms with E-state index in [1.54, 1.807) is 12.1 Å². The third-order valence-electron chi connectivity index (χ3n) is 4.06. The second-order valence-electron chi connectivity index (χ2n) is 6.06. The quantitative estimate of drug-likeness (QED) is 0.372. The first-order valence-corrected chi connectivity index (χ1v) is 8.60. The van der Waals surface area contributed by atoms with Crippen LogP contribution in [0.15, 0.2) is 94.3 Å². The van der Waals surface area contributed by atoms with E-state index >= 15 is 0 Å². The molecule has 0 saturated carbocycles. The van der Waals surface area contributed by atoms with Gasteiger partial charge < -0.3 is 9.15 Å². The lowest BCUT2D eigenvalue weighted by molar-refractivity contribution is -0.131. The minimum Gasteiger partial charge on any atom is -0.456 e. The molecule has 0 fully saturated rings. The molecule has 0 aliphatic rings. The van der Waals surface area contributed by atoms with Crippen molar-refractivity contribution in [1.82, 2.24) is 0 Å². The van der Waals surface area contributed by atoms with Crippen LogP contribution in [0, 0.1) is 0 Å². The van der Waals surface area contributed by atoms with E-state index in [1.165, 1.54) is 6.92 Å². The summed E-state index contributed by atoms with van der Waals surface area (Å²) in [6.07, 6.45) is 0. The van der Waals surface area contributed by atoms with Gasteiger partial charge in [0, 0.05) is 23.9 Å². The van der Waals surface area contributed by atoms with Crippen molar-refractivity contribution in [2.75, 3.05) is 0 Å². The Morgan fingerprint density at radius 1 is 0.889 bits per heavy atom. The SMILES string of the molecule is CC(=O)Oc1ccc(N=c2cc(-c3ccccc3)oc3ccccc23)cc1. The second kappa shape index (κ2) is 7.30. The number of benzene rings is 3. The summed E-state index contributed by atoms with van der Waals surface area (Å²) in [7, 11) is 0. The van der Waals surface area contributed by atoms with E-state index in [0.29, 0.717) is 5.75 Å². The highest BCUT2D eigenvalue weighted by molar-refractivity contribution is 5.78. The predicted molar refractivity (Wildman–Crippen MR) is 105 cm³/mol. The summed E-state index contributed by atoms with van der Waals surface area (Å²) in [4.78, 5) is 15.8. The van der Waals surface area contributed by atoms with Crippen LogP contribution in [-0.2, 0) is 4.79 Å². The van der Waals surface area contributed by atoms with E-state index < -0.39 is 0 Å². The first kappa shape index (κ1) is 16.8. The number of ether oxygens (including phenoxy) is 1. The number of esters is 1. The maximum absolute atomic E-state index is 11.1. The summed E-state index contributed by atoms with van der Waals surface area (Å²) in [5, 5.41) is 1.75. The van der Waals surface area contributed by atoms with Crippen molar-refractivity contribution in [2.24, 2.45) is 4.99 Å². The van der Waals surface area contributed by atoms with E-state index in [2.05, 4.69) is 0 Å². The van der Waals surface area contributed by atoms with E-state index in [0.717, 1.165) is 33.3 Å². The lowest BCUT2D eigenvalue weighted by Gasteiger charge is -2.05. The molecule has 0 bridgehead atoms. The second-order valence-corrected chi connectivity index (χ2v) is 6.06. The Kier molecular flexibility index (Phi) is 4.54. The fraction of sp³-hybridized carbons (Fsp3) is 0.0435. The fourth-order valence-corrected chi connectivity index (χ4v) is 2.85. The van der Waals surface area contributed by atoms with Gasteiger partial charge in [0.2, 0.25) is 0 Å². The van der Waals surface area contributed by atoms with Crippen LogP contribution in [0.3, 0.4) is 0 Å². The molecule has 4 rings (SSSR count). The number of hydrogen-bond donors (Lipinski definition) is 0. The van der Waals surface area contributed by atoms with Crippen LogP contribution in [-0.4, -0.2) is 5.97 Å². The van der Waals surface area contributed by atoms with Crippen LogP contribution >= 0.6 is 0 Å². The topological polar surface area (TPSA) is 51.8 Å². The molecule has 1 aromatic heterocycles. The minimum atomic E-state index is -0.345. The van der Waals surface area contributed by atoms with E-state index in [4.69, 9.17) is 14.1 Å². The van der Waals surface area contributed by atoms with Crippen LogP contribution in [0.5, 0.6) is 5.75 Å². The van der Waals surface area contributed by atoms with Gasteiger partial charge in [0.15, 0.2) is 0 Å². The maximum Gasteiger partial charge on any atom is 0.308 e. The molecular formula is C23H17NO3. The summed E-state index contributed by atoms with van der Waals surface area (Å²) < 4.78 is 11.1. The molecule has 0 aliphatic heterocycles. The van der Waals surface area contributed by atoms with Gasteiger partial charge in [0.25, 0.3) is 0 Å². The fourth-order valence-electron chi connectivity index (χ4n) is 2.85. The molecule has 27 heavy (non-hydrogen) atoms. The van der Waals surface area contributed by atoms with Crippen molar-refractivity contribution in [3.63, 3.8) is 0 Å². The highest BCUT2D eigenvalue weighted by Crippen LogP contribution is 2.23. The Hall–Kier alpha value is -3.66. The van der Waals surface area contributed by atoms with Crippen LogP contribution < -0.4 is 10.1 Å². The molecule has 3 aromatic carbocycles. The Bertz CT molecular complexity index is 1160. The van der Waals surface area contributed by atoms with E-state index in [1.807, 2.05) is 72.8 Å². The standard InChI is InChI=1S/C23H17NO3/c1-16(25)26-19-13-11-18(12-14-19)24-21-15-23(17-7-3-2-4-8-17)27-22-10-6-5-9-20(21)22/h2-15H,1H3. The van der Waals surface area contributed by atoms with Crippen molar-refractivity contribution in [3.05, 3.63) is 90.3 Å². The highest BCUT2D eigenvalue weighted by Gasteiger charge is 2.05. The molecule has 0 spiro atoms. The number of hydrogen-bond acceptors (Lipinski definition) is 4. The van der Waals surface area contributed by atoms with Gasteiger partial charge in [0.05, 0.1) is 11.0 Å². The number of nitrogens with zero attached hydrogens (tertiary/aromatic N) is 1. The van der Waals surface area contributed by atoms with Gasteiger partial charge in [-0.15, -0.1) is 0 Å². The number of rotatable bonds is 3. The largest absolute Gasteiger partial charge is 0.456 e. The summed E-state index contributed by atoms with van der Waals surface area (Å²) in [6.45, 7) is 1.38. The summed E-state index contributed by atoms with van der Waals surface area (Å²) in [5.41, 5.74) is 2.53. The lowest BCUT2D eigenvalue weighted by Crippen LogP contribution is -2.03. The number of para-hydroxylation sites is 1. The maximum atomic E-state index is 11.1. The zero-order valence-corrected chi connectivity index (χ0v) is 14.8. The molecular weight excluding hydrogens is 338 g/mol. The van der Waals surface area contributed by atoms with Gasteiger partial charge in [0.1, 0.15) is 17.1 Å². The summed E-state index contributed by atoms with van der Waals surface area (Å²) in [5.74, 6) is 0.909. The minimum absolute atomic E-state index is 0.345.